The van der Waals surface area contributed by atoms with E-state index in [9.17, 15) is 18.0 Å². The number of benzene rings is 1. The van der Waals surface area contributed by atoms with Crippen LogP contribution in [0.5, 0.6) is 0 Å². The van der Waals surface area contributed by atoms with Crippen molar-refractivity contribution in [1.29, 1.82) is 0 Å². The zero-order valence-electron chi connectivity index (χ0n) is 11.7. The van der Waals surface area contributed by atoms with Crippen LogP contribution in [0.3, 0.4) is 0 Å². The Bertz CT molecular complexity index is 741. The normalized spacial score (nSPS) is 21.2. The van der Waals surface area contributed by atoms with E-state index in [2.05, 4.69) is 4.72 Å². The lowest BCUT2D eigenvalue weighted by Crippen LogP contribution is -2.48. The number of aromatic carboxylic acids is 1. The number of nitrogens with two attached hydrogens (primary N) is 1. The zero-order chi connectivity index (χ0) is 16.7. The van der Waals surface area contributed by atoms with Crippen LogP contribution in [0, 0.1) is 12.8 Å². The molecule has 1 fully saturated rings. The number of halogens is 1. The number of carbonyl (C=O) groups is 2. The van der Waals surface area contributed by atoms with Crippen LogP contribution in [0.1, 0.15) is 28.8 Å². The number of carbonyl (C=O) groups excluding carboxylic acids is 1. The molecule has 1 aromatic carbocycles. The van der Waals surface area contributed by atoms with Gasteiger partial charge in [-0.05, 0) is 37.5 Å². The van der Waals surface area contributed by atoms with Crippen molar-refractivity contribution >= 4 is 33.5 Å². The quantitative estimate of drug-likeness (QED) is 0.729. The van der Waals surface area contributed by atoms with Gasteiger partial charge in [0, 0.05) is 17.0 Å². The predicted octanol–water partition coefficient (Wildman–Crippen LogP) is 0.889. The molecule has 0 aliphatic heterocycles. The largest absolute Gasteiger partial charge is 0.478 e. The Kier molecular flexibility index (Phi) is 4.46. The summed E-state index contributed by atoms with van der Waals surface area (Å²) in [6.45, 7) is 1.50. The highest BCUT2D eigenvalue weighted by Crippen LogP contribution is 2.29. The molecule has 4 N–H and O–H groups in total. The summed E-state index contributed by atoms with van der Waals surface area (Å²) in [4.78, 5) is 21.8. The molecular weight excluding hydrogens is 332 g/mol. The summed E-state index contributed by atoms with van der Waals surface area (Å²) in [6, 6.07) is 1.88. The third-order valence-corrected chi connectivity index (χ3v) is 5.61. The highest BCUT2D eigenvalue weighted by molar-refractivity contribution is 7.89. The van der Waals surface area contributed by atoms with Crippen molar-refractivity contribution in [3.63, 3.8) is 0 Å². The molecule has 0 atom stereocenters. The summed E-state index contributed by atoms with van der Waals surface area (Å²) in [5, 5.41) is 9.15. The van der Waals surface area contributed by atoms with Crippen molar-refractivity contribution < 1.29 is 23.1 Å². The predicted molar refractivity (Wildman–Crippen MR) is 79.2 cm³/mol. The fourth-order valence-electron chi connectivity index (χ4n) is 2.27. The second-order valence-electron chi connectivity index (χ2n) is 5.27. The van der Waals surface area contributed by atoms with Gasteiger partial charge in [-0.15, -0.1) is 0 Å². The van der Waals surface area contributed by atoms with Gasteiger partial charge in [-0.1, -0.05) is 11.6 Å². The number of sulfonamides is 1. The van der Waals surface area contributed by atoms with Gasteiger partial charge < -0.3 is 10.8 Å². The summed E-state index contributed by atoms with van der Waals surface area (Å²) in [6.07, 6.45) is 0.667. The Hall–Kier alpha value is -1.64. The average molecular weight is 347 g/mol. The van der Waals surface area contributed by atoms with E-state index in [4.69, 9.17) is 22.4 Å². The van der Waals surface area contributed by atoms with Gasteiger partial charge in [-0.2, -0.15) is 0 Å². The fraction of sp³-hybridized carbons (Fsp3) is 0.385. The van der Waals surface area contributed by atoms with Gasteiger partial charge in [-0.3, -0.25) is 4.79 Å². The molecule has 0 bridgehead atoms. The van der Waals surface area contributed by atoms with E-state index in [0.29, 0.717) is 18.4 Å². The first-order valence-corrected chi connectivity index (χ1v) is 8.33. The monoisotopic (exact) mass is 346 g/mol. The topological polar surface area (TPSA) is 127 Å². The summed E-state index contributed by atoms with van der Waals surface area (Å²) in [5.74, 6) is -2.04. The Morgan fingerprint density at radius 2 is 1.95 bits per heavy atom. The number of carboxylic acid groups (broad SMARTS) is 1. The van der Waals surface area contributed by atoms with Crippen LogP contribution in [0.4, 0.5) is 0 Å². The molecule has 1 amide bonds. The minimum Gasteiger partial charge on any atom is -0.478 e. The standard InChI is InChI=1S/C13H15ClN2O5S/c1-6-10(13(18)19)4-9(5-11(6)14)22(20,21)16-8-2-7(3-8)12(15)17/h4-5,7-8,16H,2-3H2,1H3,(H2,15,17)(H,18,19). The lowest BCUT2D eigenvalue weighted by atomic mass is 9.80. The van der Waals surface area contributed by atoms with E-state index in [0.717, 1.165) is 6.07 Å². The lowest BCUT2D eigenvalue weighted by Gasteiger charge is -2.33. The van der Waals surface area contributed by atoms with E-state index in [1.807, 2.05) is 0 Å². The van der Waals surface area contributed by atoms with Crippen molar-refractivity contribution in [2.45, 2.75) is 30.7 Å². The molecule has 9 heteroatoms. The number of amides is 1. The van der Waals surface area contributed by atoms with Crippen LogP contribution < -0.4 is 10.5 Å². The summed E-state index contributed by atoms with van der Waals surface area (Å²) in [7, 11) is -3.91. The number of carboxylic acids is 1. The lowest BCUT2D eigenvalue weighted by molar-refractivity contribution is -0.124. The van der Waals surface area contributed by atoms with Crippen LogP contribution >= 0.6 is 11.6 Å². The number of rotatable bonds is 5. The van der Waals surface area contributed by atoms with Crippen LogP contribution in [-0.4, -0.2) is 31.4 Å². The molecule has 22 heavy (non-hydrogen) atoms. The third-order valence-electron chi connectivity index (χ3n) is 3.72. The Morgan fingerprint density at radius 1 is 1.36 bits per heavy atom. The molecule has 0 saturated heterocycles. The molecule has 0 heterocycles. The van der Waals surface area contributed by atoms with Crippen LogP contribution in [-0.2, 0) is 14.8 Å². The van der Waals surface area contributed by atoms with E-state index in [1.165, 1.54) is 13.0 Å². The van der Waals surface area contributed by atoms with Crippen molar-refractivity contribution in [3.05, 3.63) is 28.3 Å². The summed E-state index contributed by atoms with van der Waals surface area (Å²) in [5.41, 5.74) is 5.25. The number of nitrogens with one attached hydrogen (secondary N) is 1. The van der Waals surface area contributed by atoms with Gasteiger partial charge in [-0.25, -0.2) is 17.9 Å². The third kappa shape index (κ3) is 3.23. The first-order valence-electron chi connectivity index (χ1n) is 6.47. The molecule has 7 nitrogen and oxygen atoms in total. The van der Waals surface area contributed by atoms with Crippen LogP contribution in [0.15, 0.2) is 17.0 Å². The Labute approximate surface area is 132 Å². The maximum Gasteiger partial charge on any atom is 0.336 e. The van der Waals surface area contributed by atoms with Crippen LogP contribution in [0.2, 0.25) is 5.02 Å². The first-order chi connectivity index (χ1) is 10.1. The summed E-state index contributed by atoms with van der Waals surface area (Å²) < 4.78 is 27.0. The van der Waals surface area contributed by atoms with Gasteiger partial charge in [0.1, 0.15) is 0 Å². The van der Waals surface area contributed by atoms with Gasteiger partial charge in [0.25, 0.3) is 0 Å². The molecule has 0 spiro atoms. The highest BCUT2D eigenvalue weighted by atomic mass is 35.5. The zero-order valence-corrected chi connectivity index (χ0v) is 13.2. The molecule has 1 aliphatic rings. The van der Waals surface area contributed by atoms with Crippen molar-refractivity contribution in [2.24, 2.45) is 11.7 Å². The van der Waals surface area contributed by atoms with E-state index in [-0.39, 0.29) is 21.4 Å². The number of primary amides is 1. The SMILES string of the molecule is Cc1c(Cl)cc(S(=O)(=O)NC2CC(C(N)=O)C2)cc1C(=O)O. The van der Waals surface area contributed by atoms with Gasteiger partial charge in [0.05, 0.1) is 10.5 Å². The smallest absolute Gasteiger partial charge is 0.336 e. The minimum absolute atomic E-state index is 0.0592. The van der Waals surface area contributed by atoms with E-state index in [1.54, 1.807) is 0 Å². The molecular formula is C13H15ClN2O5S. The maximum absolute atomic E-state index is 12.3. The van der Waals surface area contributed by atoms with Gasteiger partial charge >= 0.3 is 5.97 Å². The molecule has 2 rings (SSSR count). The minimum atomic E-state index is -3.91. The molecule has 1 saturated carbocycles. The number of hydrogen-bond donors (Lipinski definition) is 3. The second kappa shape index (κ2) is 5.86. The maximum atomic E-state index is 12.3. The molecule has 0 radical (unpaired) electrons. The first kappa shape index (κ1) is 16.7. The molecule has 120 valence electrons. The van der Waals surface area contributed by atoms with E-state index >= 15 is 0 Å². The Balaban J connectivity index is 2.24. The van der Waals surface area contributed by atoms with Crippen LogP contribution in [0.25, 0.3) is 0 Å². The van der Waals surface area contributed by atoms with Crippen molar-refractivity contribution in [1.82, 2.24) is 4.72 Å². The molecule has 0 unspecified atom stereocenters. The number of hydrogen-bond acceptors (Lipinski definition) is 4. The Morgan fingerprint density at radius 3 is 2.45 bits per heavy atom. The van der Waals surface area contributed by atoms with Crippen molar-refractivity contribution in [2.75, 3.05) is 0 Å². The second-order valence-corrected chi connectivity index (χ2v) is 7.39. The van der Waals surface area contributed by atoms with E-state index < -0.39 is 27.9 Å². The summed E-state index contributed by atoms with van der Waals surface area (Å²) >= 11 is 5.90. The van der Waals surface area contributed by atoms with Gasteiger partial charge in [0.15, 0.2) is 0 Å². The molecule has 1 aliphatic carbocycles. The van der Waals surface area contributed by atoms with Gasteiger partial charge in [0.2, 0.25) is 15.9 Å². The molecule has 0 aromatic heterocycles. The highest BCUT2D eigenvalue weighted by Gasteiger charge is 2.36. The molecule has 1 aromatic rings. The van der Waals surface area contributed by atoms with Crippen molar-refractivity contribution in [3.8, 4) is 0 Å². The fourth-order valence-corrected chi connectivity index (χ4v) is 3.86. The average Bonchev–Trinajstić information content (AvgIpc) is 2.35.